The van der Waals surface area contributed by atoms with E-state index in [-0.39, 0.29) is 5.78 Å². The Morgan fingerprint density at radius 3 is 2.53 bits per heavy atom. The molecule has 0 N–H and O–H groups in total. The maximum absolute atomic E-state index is 12.2. The summed E-state index contributed by atoms with van der Waals surface area (Å²) < 4.78 is 5.14. The van der Waals surface area contributed by atoms with Gasteiger partial charge in [-0.15, -0.1) is 11.8 Å². The molecule has 0 spiro atoms. The summed E-state index contributed by atoms with van der Waals surface area (Å²) in [4.78, 5) is 13.3. The van der Waals surface area contributed by atoms with E-state index >= 15 is 0 Å². The van der Waals surface area contributed by atoms with Gasteiger partial charge in [0.1, 0.15) is 5.75 Å². The summed E-state index contributed by atoms with van der Waals surface area (Å²) in [7, 11) is 1.63. The molecule has 0 radical (unpaired) electrons. The van der Waals surface area contributed by atoms with E-state index in [0.717, 1.165) is 21.8 Å². The molecule has 0 aliphatic rings. The number of carbonyl (C=O) groups is 1. The summed E-state index contributed by atoms with van der Waals surface area (Å²) in [6, 6.07) is 15.5. The number of carbonyl (C=O) groups excluding carboxylic acids is 1. The molecular weight excluding hydrogens is 256 g/mol. The molecule has 0 amide bonds. The van der Waals surface area contributed by atoms with Crippen LogP contribution in [0.4, 0.5) is 0 Å². The van der Waals surface area contributed by atoms with Crippen LogP contribution in [0.25, 0.3) is 0 Å². The van der Waals surface area contributed by atoms with Gasteiger partial charge in [0.05, 0.1) is 12.9 Å². The van der Waals surface area contributed by atoms with E-state index in [0.29, 0.717) is 5.75 Å². The van der Waals surface area contributed by atoms with Gasteiger partial charge in [-0.25, -0.2) is 0 Å². The molecule has 0 aliphatic heterocycles. The minimum absolute atomic E-state index is 0.147. The third kappa shape index (κ3) is 3.61. The molecule has 0 fully saturated rings. The molecule has 2 nitrogen and oxygen atoms in total. The Morgan fingerprint density at radius 2 is 1.89 bits per heavy atom. The Hall–Kier alpha value is -1.74. The van der Waals surface area contributed by atoms with Crippen LogP contribution >= 0.6 is 11.8 Å². The van der Waals surface area contributed by atoms with Crippen molar-refractivity contribution in [1.82, 2.24) is 0 Å². The van der Waals surface area contributed by atoms with Gasteiger partial charge in [0.2, 0.25) is 0 Å². The highest BCUT2D eigenvalue weighted by Crippen LogP contribution is 2.22. The zero-order valence-electron chi connectivity index (χ0n) is 11.1. The Balaban J connectivity index is 2.04. The van der Waals surface area contributed by atoms with Gasteiger partial charge in [-0.05, 0) is 42.8 Å². The van der Waals surface area contributed by atoms with Crippen molar-refractivity contribution in [2.45, 2.75) is 11.8 Å². The van der Waals surface area contributed by atoms with Crippen LogP contribution in [-0.4, -0.2) is 18.6 Å². The van der Waals surface area contributed by atoms with Crippen molar-refractivity contribution in [2.75, 3.05) is 12.9 Å². The number of benzene rings is 2. The van der Waals surface area contributed by atoms with Gasteiger partial charge < -0.3 is 4.74 Å². The van der Waals surface area contributed by atoms with Crippen LogP contribution in [0.3, 0.4) is 0 Å². The molecule has 0 aliphatic carbocycles. The van der Waals surface area contributed by atoms with Crippen molar-refractivity contribution < 1.29 is 9.53 Å². The molecule has 98 valence electrons. The van der Waals surface area contributed by atoms with Crippen molar-refractivity contribution >= 4 is 17.5 Å². The molecule has 0 saturated heterocycles. The third-order valence-corrected chi connectivity index (χ3v) is 3.86. The minimum Gasteiger partial charge on any atom is -0.497 e. The van der Waals surface area contributed by atoms with Gasteiger partial charge in [0.15, 0.2) is 5.78 Å². The van der Waals surface area contributed by atoms with Gasteiger partial charge in [-0.1, -0.05) is 18.2 Å². The quantitative estimate of drug-likeness (QED) is 0.608. The highest BCUT2D eigenvalue weighted by atomic mass is 32.2. The average molecular weight is 272 g/mol. The second-order valence-corrected chi connectivity index (χ2v) is 5.25. The maximum atomic E-state index is 12.2. The van der Waals surface area contributed by atoms with Crippen LogP contribution in [0.5, 0.6) is 5.75 Å². The van der Waals surface area contributed by atoms with E-state index in [1.165, 1.54) is 0 Å². The Morgan fingerprint density at radius 1 is 1.16 bits per heavy atom. The Bertz CT molecular complexity index is 564. The van der Waals surface area contributed by atoms with Gasteiger partial charge in [-0.2, -0.15) is 0 Å². The standard InChI is InChI=1S/C16H16O2S/c1-12-10-13(18-2)8-9-15(12)16(17)11-19-14-6-4-3-5-7-14/h3-10H,11H2,1-2H3. The lowest BCUT2D eigenvalue weighted by molar-refractivity contribution is 0.102. The number of rotatable bonds is 5. The van der Waals surface area contributed by atoms with Crippen LogP contribution in [0.15, 0.2) is 53.4 Å². The molecule has 2 rings (SSSR count). The first-order valence-corrected chi connectivity index (χ1v) is 7.05. The van der Waals surface area contributed by atoms with Crippen LogP contribution in [0.1, 0.15) is 15.9 Å². The van der Waals surface area contributed by atoms with Crippen LogP contribution < -0.4 is 4.74 Å². The fourth-order valence-corrected chi connectivity index (χ4v) is 2.62. The smallest absolute Gasteiger partial charge is 0.173 e. The molecule has 2 aromatic carbocycles. The largest absolute Gasteiger partial charge is 0.497 e. The van der Waals surface area contributed by atoms with E-state index in [4.69, 9.17) is 4.74 Å². The van der Waals surface area contributed by atoms with E-state index in [1.807, 2.05) is 55.5 Å². The molecule has 0 atom stereocenters. The number of ether oxygens (including phenoxy) is 1. The minimum atomic E-state index is 0.147. The average Bonchev–Trinajstić information content (AvgIpc) is 2.45. The van der Waals surface area contributed by atoms with E-state index in [9.17, 15) is 4.79 Å². The summed E-state index contributed by atoms with van der Waals surface area (Å²) in [6.07, 6.45) is 0. The van der Waals surface area contributed by atoms with Crippen LogP contribution in [-0.2, 0) is 0 Å². The first-order valence-electron chi connectivity index (χ1n) is 6.06. The zero-order valence-corrected chi connectivity index (χ0v) is 11.9. The van der Waals surface area contributed by atoms with Crippen molar-refractivity contribution in [2.24, 2.45) is 0 Å². The highest BCUT2D eigenvalue weighted by molar-refractivity contribution is 8.00. The van der Waals surface area contributed by atoms with E-state index in [2.05, 4.69) is 0 Å². The fraction of sp³-hybridized carbons (Fsp3) is 0.188. The molecule has 19 heavy (non-hydrogen) atoms. The summed E-state index contributed by atoms with van der Waals surface area (Å²) in [5, 5.41) is 0. The van der Waals surface area contributed by atoms with E-state index < -0.39 is 0 Å². The number of hydrogen-bond acceptors (Lipinski definition) is 3. The number of aryl methyl sites for hydroxylation is 1. The zero-order chi connectivity index (χ0) is 13.7. The first-order chi connectivity index (χ1) is 9.20. The van der Waals surface area contributed by atoms with Gasteiger partial charge >= 0.3 is 0 Å². The molecular formula is C16H16O2S. The van der Waals surface area contributed by atoms with Crippen molar-refractivity contribution in [3.63, 3.8) is 0 Å². The number of methoxy groups -OCH3 is 1. The molecule has 0 aromatic heterocycles. The lowest BCUT2D eigenvalue weighted by Crippen LogP contribution is -2.04. The third-order valence-electron chi connectivity index (χ3n) is 2.85. The summed E-state index contributed by atoms with van der Waals surface area (Å²) in [5.74, 6) is 1.38. The molecule has 3 heteroatoms. The molecule has 0 saturated carbocycles. The monoisotopic (exact) mass is 272 g/mol. The van der Waals surface area contributed by atoms with Gasteiger partial charge in [-0.3, -0.25) is 4.79 Å². The lowest BCUT2D eigenvalue weighted by atomic mass is 10.1. The fourth-order valence-electron chi connectivity index (χ4n) is 1.82. The van der Waals surface area contributed by atoms with Crippen LogP contribution in [0, 0.1) is 6.92 Å². The number of ketones is 1. The number of thioether (sulfide) groups is 1. The van der Waals surface area contributed by atoms with Crippen molar-refractivity contribution in [3.8, 4) is 5.75 Å². The van der Waals surface area contributed by atoms with Gasteiger partial charge in [0, 0.05) is 10.5 Å². The Kier molecular flexibility index (Phi) is 4.63. The molecule has 0 bridgehead atoms. The summed E-state index contributed by atoms with van der Waals surface area (Å²) in [6.45, 7) is 1.93. The molecule has 0 heterocycles. The van der Waals surface area contributed by atoms with Crippen molar-refractivity contribution in [1.29, 1.82) is 0 Å². The Labute approximate surface area is 117 Å². The second-order valence-electron chi connectivity index (χ2n) is 4.21. The number of Topliss-reactive ketones (excluding diaryl/α,β-unsaturated/α-hetero) is 1. The van der Waals surface area contributed by atoms with Crippen LogP contribution in [0.2, 0.25) is 0 Å². The summed E-state index contributed by atoms with van der Waals surface area (Å²) in [5.41, 5.74) is 1.72. The molecule has 2 aromatic rings. The van der Waals surface area contributed by atoms with Gasteiger partial charge in [0.25, 0.3) is 0 Å². The molecule has 0 unspecified atom stereocenters. The SMILES string of the molecule is COc1ccc(C(=O)CSc2ccccc2)c(C)c1. The predicted molar refractivity (Wildman–Crippen MR) is 79.2 cm³/mol. The van der Waals surface area contributed by atoms with Crippen molar-refractivity contribution in [3.05, 3.63) is 59.7 Å². The highest BCUT2D eigenvalue weighted by Gasteiger charge is 2.10. The number of hydrogen-bond donors (Lipinski definition) is 0. The lowest BCUT2D eigenvalue weighted by Gasteiger charge is -2.07. The van der Waals surface area contributed by atoms with E-state index in [1.54, 1.807) is 18.9 Å². The topological polar surface area (TPSA) is 26.3 Å². The maximum Gasteiger partial charge on any atom is 0.173 e. The predicted octanol–water partition coefficient (Wildman–Crippen LogP) is 3.98. The summed E-state index contributed by atoms with van der Waals surface area (Å²) >= 11 is 1.56. The normalized spacial score (nSPS) is 10.2. The second kappa shape index (κ2) is 6.43. The first kappa shape index (κ1) is 13.7.